The second kappa shape index (κ2) is 8.13. The molecule has 0 radical (unpaired) electrons. The smallest absolute Gasteiger partial charge is 0.133 e. The Labute approximate surface area is 135 Å². The van der Waals surface area contributed by atoms with Crippen molar-refractivity contribution in [2.24, 2.45) is 5.92 Å². The van der Waals surface area contributed by atoms with Gasteiger partial charge in [-0.2, -0.15) is 0 Å². The lowest BCUT2D eigenvalue weighted by atomic mass is 10.0. The van der Waals surface area contributed by atoms with E-state index >= 15 is 0 Å². The van der Waals surface area contributed by atoms with Gasteiger partial charge in [0.05, 0.1) is 11.1 Å². The highest BCUT2D eigenvalue weighted by atomic mass is 79.9. The zero-order valence-corrected chi connectivity index (χ0v) is 14.2. The van der Waals surface area contributed by atoms with Crippen LogP contribution in [0.4, 0.5) is 0 Å². The Balaban J connectivity index is 1.70. The standard InChI is InChI=1S/C16H24BrNO3/c1-11-3-4-16(15(17)7-11)21-10-14(19)8-18-12(2)13-5-6-20-9-13/h3-4,7,12-14,18-19H,5-6,8-10H2,1-2H3. The molecule has 1 aliphatic rings. The van der Waals surface area contributed by atoms with E-state index in [0.29, 0.717) is 18.5 Å². The summed E-state index contributed by atoms with van der Waals surface area (Å²) in [4.78, 5) is 0. The van der Waals surface area contributed by atoms with Crippen LogP contribution >= 0.6 is 15.9 Å². The Morgan fingerprint density at radius 1 is 1.52 bits per heavy atom. The molecule has 0 spiro atoms. The van der Waals surface area contributed by atoms with Gasteiger partial charge in [-0.05, 0) is 59.8 Å². The summed E-state index contributed by atoms with van der Waals surface area (Å²) in [6.07, 6.45) is 0.569. The first-order chi connectivity index (χ1) is 10.1. The molecule has 118 valence electrons. The Kier molecular flexibility index (Phi) is 6.48. The number of nitrogens with one attached hydrogen (secondary N) is 1. The average Bonchev–Trinajstić information content (AvgIpc) is 2.98. The minimum absolute atomic E-state index is 0.280. The summed E-state index contributed by atoms with van der Waals surface area (Å²) < 4.78 is 11.9. The summed E-state index contributed by atoms with van der Waals surface area (Å²) in [6, 6.07) is 6.26. The average molecular weight is 358 g/mol. The number of rotatable bonds is 7. The van der Waals surface area contributed by atoms with E-state index in [0.717, 1.165) is 29.9 Å². The van der Waals surface area contributed by atoms with Crippen LogP contribution in [0.5, 0.6) is 5.75 Å². The number of aliphatic hydroxyl groups is 1. The molecule has 1 heterocycles. The summed E-state index contributed by atoms with van der Waals surface area (Å²) in [7, 11) is 0. The third-order valence-corrected chi connectivity index (χ3v) is 4.49. The lowest BCUT2D eigenvalue weighted by Gasteiger charge is -2.21. The van der Waals surface area contributed by atoms with Gasteiger partial charge in [0.1, 0.15) is 18.5 Å². The summed E-state index contributed by atoms with van der Waals surface area (Å²) in [6.45, 7) is 6.65. The summed E-state index contributed by atoms with van der Waals surface area (Å²) in [5, 5.41) is 13.4. The van der Waals surface area contributed by atoms with Gasteiger partial charge in [0.2, 0.25) is 0 Å². The van der Waals surface area contributed by atoms with Gasteiger partial charge in [-0.15, -0.1) is 0 Å². The maximum atomic E-state index is 10.0. The van der Waals surface area contributed by atoms with E-state index in [1.165, 1.54) is 5.56 Å². The van der Waals surface area contributed by atoms with Gasteiger partial charge in [-0.3, -0.25) is 0 Å². The maximum Gasteiger partial charge on any atom is 0.133 e. The fourth-order valence-electron chi connectivity index (χ4n) is 2.40. The second-order valence-electron chi connectivity index (χ2n) is 5.72. The Morgan fingerprint density at radius 3 is 3.00 bits per heavy atom. The Hall–Kier alpha value is -0.620. The Bertz CT molecular complexity index is 449. The van der Waals surface area contributed by atoms with Crippen molar-refractivity contribution in [3.8, 4) is 5.75 Å². The van der Waals surface area contributed by atoms with Gasteiger partial charge in [0.15, 0.2) is 0 Å². The van der Waals surface area contributed by atoms with Crippen LogP contribution in [0.3, 0.4) is 0 Å². The van der Waals surface area contributed by atoms with E-state index in [1.807, 2.05) is 25.1 Å². The molecule has 0 saturated carbocycles. The molecule has 1 aromatic rings. The van der Waals surface area contributed by atoms with Crippen molar-refractivity contribution >= 4 is 15.9 Å². The molecule has 1 aliphatic heterocycles. The predicted octanol–water partition coefficient (Wildman–Crippen LogP) is 2.51. The van der Waals surface area contributed by atoms with Gasteiger partial charge in [-0.25, -0.2) is 0 Å². The molecule has 2 N–H and O–H groups in total. The molecule has 1 saturated heterocycles. The topological polar surface area (TPSA) is 50.7 Å². The van der Waals surface area contributed by atoms with Crippen molar-refractivity contribution in [3.05, 3.63) is 28.2 Å². The SMILES string of the molecule is Cc1ccc(OCC(O)CNC(C)C2CCOC2)c(Br)c1. The van der Waals surface area contributed by atoms with Crippen molar-refractivity contribution in [3.63, 3.8) is 0 Å². The number of benzene rings is 1. The third-order valence-electron chi connectivity index (χ3n) is 3.87. The number of hydrogen-bond acceptors (Lipinski definition) is 4. The maximum absolute atomic E-state index is 10.0. The number of halogens is 1. The zero-order valence-electron chi connectivity index (χ0n) is 12.6. The minimum atomic E-state index is -0.525. The highest BCUT2D eigenvalue weighted by Gasteiger charge is 2.22. The van der Waals surface area contributed by atoms with Crippen molar-refractivity contribution in [2.45, 2.75) is 32.4 Å². The molecule has 1 aromatic carbocycles. The predicted molar refractivity (Wildman–Crippen MR) is 86.8 cm³/mol. The molecule has 21 heavy (non-hydrogen) atoms. The number of ether oxygens (including phenoxy) is 2. The van der Waals surface area contributed by atoms with E-state index in [2.05, 4.69) is 28.2 Å². The van der Waals surface area contributed by atoms with E-state index in [9.17, 15) is 5.11 Å². The van der Waals surface area contributed by atoms with Crippen LogP contribution in [0.25, 0.3) is 0 Å². The molecule has 1 fully saturated rings. The molecule has 4 nitrogen and oxygen atoms in total. The van der Waals surface area contributed by atoms with Crippen LogP contribution in [0.1, 0.15) is 18.9 Å². The lowest BCUT2D eigenvalue weighted by molar-refractivity contribution is 0.100. The monoisotopic (exact) mass is 357 g/mol. The van der Waals surface area contributed by atoms with Gasteiger partial charge in [-0.1, -0.05) is 6.07 Å². The van der Waals surface area contributed by atoms with E-state index in [4.69, 9.17) is 9.47 Å². The van der Waals surface area contributed by atoms with Crippen LogP contribution in [0.15, 0.2) is 22.7 Å². The third kappa shape index (κ3) is 5.25. The highest BCUT2D eigenvalue weighted by Crippen LogP contribution is 2.25. The summed E-state index contributed by atoms with van der Waals surface area (Å²) in [5.41, 5.74) is 1.17. The van der Waals surface area contributed by atoms with Crippen molar-refractivity contribution in [2.75, 3.05) is 26.4 Å². The van der Waals surface area contributed by atoms with Crippen LogP contribution in [-0.2, 0) is 4.74 Å². The largest absolute Gasteiger partial charge is 0.490 e. The zero-order chi connectivity index (χ0) is 15.2. The van der Waals surface area contributed by atoms with Gasteiger partial charge in [0, 0.05) is 19.2 Å². The molecule has 3 atom stereocenters. The van der Waals surface area contributed by atoms with Crippen molar-refractivity contribution in [1.82, 2.24) is 5.32 Å². The van der Waals surface area contributed by atoms with Crippen molar-refractivity contribution in [1.29, 1.82) is 0 Å². The van der Waals surface area contributed by atoms with E-state index in [-0.39, 0.29) is 6.61 Å². The molecular weight excluding hydrogens is 334 g/mol. The quantitative estimate of drug-likeness (QED) is 0.787. The van der Waals surface area contributed by atoms with E-state index < -0.39 is 6.10 Å². The first-order valence-corrected chi connectivity index (χ1v) is 8.23. The molecule has 0 aromatic heterocycles. The molecule has 0 amide bonds. The van der Waals surface area contributed by atoms with Crippen LogP contribution < -0.4 is 10.1 Å². The molecule has 0 bridgehead atoms. The number of hydrogen-bond donors (Lipinski definition) is 2. The first kappa shape index (κ1) is 16.7. The van der Waals surface area contributed by atoms with Crippen LogP contribution in [0.2, 0.25) is 0 Å². The van der Waals surface area contributed by atoms with Crippen molar-refractivity contribution < 1.29 is 14.6 Å². The normalized spacial score (nSPS) is 21.2. The van der Waals surface area contributed by atoms with Gasteiger partial charge < -0.3 is 19.9 Å². The van der Waals surface area contributed by atoms with Crippen LogP contribution in [-0.4, -0.2) is 43.6 Å². The fraction of sp³-hybridized carbons (Fsp3) is 0.625. The fourth-order valence-corrected chi connectivity index (χ4v) is 3.01. The molecule has 5 heteroatoms. The van der Waals surface area contributed by atoms with Crippen LogP contribution in [0, 0.1) is 12.8 Å². The Morgan fingerprint density at radius 2 is 2.33 bits per heavy atom. The summed E-state index contributed by atoms with van der Waals surface area (Å²) in [5.74, 6) is 1.31. The van der Waals surface area contributed by atoms with E-state index in [1.54, 1.807) is 0 Å². The van der Waals surface area contributed by atoms with Gasteiger partial charge in [0.25, 0.3) is 0 Å². The lowest BCUT2D eigenvalue weighted by Crippen LogP contribution is -2.40. The summed E-state index contributed by atoms with van der Waals surface area (Å²) >= 11 is 3.47. The molecule has 2 rings (SSSR count). The number of aryl methyl sites for hydroxylation is 1. The minimum Gasteiger partial charge on any atom is -0.490 e. The molecular formula is C16H24BrNO3. The second-order valence-corrected chi connectivity index (χ2v) is 6.57. The van der Waals surface area contributed by atoms with Gasteiger partial charge >= 0.3 is 0 Å². The molecule has 0 aliphatic carbocycles. The molecule has 3 unspecified atom stereocenters. The first-order valence-electron chi connectivity index (χ1n) is 7.44. The number of aliphatic hydroxyl groups excluding tert-OH is 1. The highest BCUT2D eigenvalue weighted by molar-refractivity contribution is 9.10.